The predicted molar refractivity (Wildman–Crippen MR) is 63.9 cm³/mol. The van der Waals surface area contributed by atoms with Gasteiger partial charge < -0.3 is 5.32 Å². The van der Waals surface area contributed by atoms with E-state index in [0.29, 0.717) is 5.37 Å². The fourth-order valence-electron chi connectivity index (χ4n) is 2.22. The molecular weight excluding hydrogens is 190 g/mol. The number of benzene rings is 1. The van der Waals surface area contributed by atoms with Crippen LogP contribution in [0.4, 0.5) is 0 Å². The molecule has 1 unspecified atom stereocenters. The second-order valence-corrected chi connectivity index (χ2v) is 5.23. The lowest BCUT2D eigenvalue weighted by Crippen LogP contribution is -2.14. The van der Waals surface area contributed by atoms with E-state index in [9.17, 15) is 0 Å². The Morgan fingerprint density at radius 2 is 1.86 bits per heavy atom. The molecule has 1 saturated heterocycles. The Kier molecular flexibility index (Phi) is 2.84. The van der Waals surface area contributed by atoms with Crippen LogP contribution >= 0.6 is 11.8 Å². The SMILES string of the molecule is Cc1cc(C)c(C2NCCS2)c(C)c1. The van der Waals surface area contributed by atoms with E-state index in [2.05, 4.69) is 38.2 Å². The van der Waals surface area contributed by atoms with Crippen molar-refractivity contribution >= 4 is 11.8 Å². The van der Waals surface area contributed by atoms with Gasteiger partial charge in [-0.25, -0.2) is 0 Å². The largest absolute Gasteiger partial charge is 0.301 e. The van der Waals surface area contributed by atoms with Crippen LogP contribution in [0, 0.1) is 20.8 Å². The molecule has 0 bridgehead atoms. The molecule has 1 nitrogen and oxygen atoms in total. The predicted octanol–water partition coefficient (Wildman–Crippen LogP) is 2.95. The molecule has 14 heavy (non-hydrogen) atoms. The molecule has 76 valence electrons. The van der Waals surface area contributed by atoms with E-state index in [0.717, 1.165) is 6.54 Å². The lowest BCUT2D eigenvalue weighted by Gasteiger charge is -2.17. The monoisotopic (exact) mass is 207 g/mol. The summed E-state index contributed by atoms with van der Waals surface area (Å²) in [7, 11) is 0. The highest BCUT2D eigenvalue weighted by atomic mass is 32.2. The van der Waals surface area contributed by atoms with Gasteiger partial charge in [0, 0.05) is 12.3 Å². The quantitative estimate of drug-likeness (QED) is 0.760. The average molecular weight is 207 g/mol. The zero-order chi connectivity index (χ0) is 10.1. The maximum Gasteiger partial charge on any atom is 0.0795 e. The summed E-state index contributed by atoms with van der Waals surface area (Å²) in [5, 5.41) is 4.06. The topological polar surface area (TPSA) is 12.0 Å². The molecule has 0 saturated carbocycles. The third-order valence-electron chi connectivity index (χ3n) is 2.72. The number of hydrogen-bond donors (Lipinski definition) is 1. The van der Waals surface area contributed by atoms with E-state index < -0.39 is 0 Å². The zero-order valence-corrected chi connectivity index (χ0v) is 9.87. The summed E-state index contributed by atoms with van der Waals surface area (Å²) in [6, 6.07) is 4.56. The van der Waals surface area contributed by atoms with Crippen molar-refractivity contribution in [2.45, 2.75) is 26.1 Å². The van der Waals surface area contributed by atoms with E-state index in [4.69, 9.17) is 0 Å². The highest BCUT2D eigenvalue weighted by Crippen LogP contribution is 2.34. The normalized spacial score (nSPS) is 21.5. The summed E-state index contributed by atoms with van der Waals surface area (Å²) in [5.41, 5.74) is 5.72. The van der Waals surface area contributed by atoms with Crippen LogP contribution in [0.3, 0.4) is 0 Å². The van der Waals surface area contributed by atoms with E-state index in [1.807, 2.05) is 11.8 Å². The van der Waals surface area contributed by atoms with Crippen LogP contribution in [0.25, 0.3) is 0 Å². The Bertz CT molecular complexity index is 317. The third-order valence-corrected chi connectivity index (χ3v) is 3.89. The number of nitrogens with one attached hydrogen (secondary N) is 1. The third kappa shape index (κ3) is 1.82. The van der Waals surface area contributed by atoms with Crippen LogP contribution in [0.15, 0.2) is 12.1 Å². The minimum absolute atomic E-state index is 0.524. The van der Waals surface area contributed by atoms with Crippen molar-refractivity contribution < 1.29 is 0 Å². The van der Waals surface area contributed by atoms with Crippen LogP contribution in [0.5, 0.6) is 0 Å². The van der Waals surface area contributed by atoms with Crippen molar-refractivity contribution in [3.05, 3.63) is 34.4 Å². The van der Waals surface area contributed by atoms with Crippen molar-refractivity contribution in [2.75, 3.05) is 12.3 Å². The standard InChI is InChI=1S/C12H17NS/c1-8-6-9(2)11(10(3)7-8)12-13-4-5-14-12/h6-7,12-13H,4-5H2,1-3H3. The summed E-state index contributed by atoms with van der Waals surface area (Å²) in [4.78, 5) is 0. The van der Waals surface area contributed by atoms with Gasteiger partial charge in [-0.3, -0.25) is 0 Å². The molecule has 1 aliphatic rings. The number of rotatable bonds is 1. The van der Waals surface area contributed by atoms with E-state index >= 15 is 0 Å². The van der Waals surface area contributed by atoms with Gasteiger partial charge in [0.15, 0.2) is 0 Å². The van der Waals surface area contributed by atoms with Crippen LogP contribution in [-0.2, 0) is 0 Å². The lowest BCUT2D eigenvalue weighted by molar-refractivity contribution is 0.743. The van der Waals surface area contributed by atoms with Gasteiger partial charge in [0.05, 0.1) is 5.37 Å². The van der Waals surface area contributed by atoms with Gasteiger partial charge in [-0.15, -0.1) is 11.8 Å². The smallest absolute Gasteiger partial charge is 0.0795 e. The first-order chi connectivity index (χ1) is 6.68. The van der Waals surface area contributed by atoms with E-state index in [1.165, 1.54) is 28.0 Å². The average Bonchev–Trinajstić information content (AvgIpc) is 2.54. The Balaban J connectivity index is 2.40. The van der Waals surface area contributed by atoms with Gasteiger partial charge >= 0.3 is 0 Å². The molecule has 1 heterocycles. The molecule has 0 spiro atoms. The van der Waals surface area contributed by atoms with Crippen molar-refractivity contribution in [1.29, 1.82) is 0 Å². The molecule has 1 aromatic carbocycles. The Morgan fingerprint density at radius 1 is 1.21 bits per heavy atom. The van der Waals surface area contributed by atoms with Crippen LogP contribution in [0.1, 0.15) is 27.6 Å². The molecule has 2 rings (SSSR count). The summed E-state index contributed by atoms with van der Waals surface area (Å²) in [5.74, 6) is 1.23. The molecule has 1 atom stereocenters. The molecule has 1 aromatic rings. The fourth-order valence-corrected chi connectivity index (χ4v) is 3.46. The number of aryl methyl sites for hydroxylation is 3. The van der Waals surface area contributed by atoms with Crippen LogP contribution < -0.4 is 5.32 Å². The minimum atomic E-state index is 0.524. The van der Waals surface area contributed by atoms with Crippen LogP contribution in [-0.4, -0.2) is 12.3 Å². The Hall–Kier alpha value is -0.470. The van der Waals surface area contributed by atoms with Crippen molar-refractivity contribution in [2.24, 2.45) is 0 Å². The molecule has 2 heteroatoms. The van der Waals surface area contributed by atoms with Gasteiger partial charge in [0.25, 0.3) is 0 Å². The summed E-state index contributed by atoms with van der Waals surface area (Å²) in [6.07, 6.45) is 0. The summed E-state index contributed by atoms with van der Waals surface area (Å²) in [6.45, 7) is 7.74. The van der Waals surface area contributed by atoms with Gasteiger partial charge in [0.2, 0.25) is 0 Å². The van der Waals surface area contributed by atoms with Gasteiger partial charge in [-0.2, -0.15) is 0 Å². The van der Waals surface area contributed by atoms with Crippen LogP contribution in [0.2, 0.25) is 0 Å². The molecule has 1 N–H and O–H groups in total. The maximum atomic E-state index is 3.54. The number of hydrogen-bond acceptors (Lipinski definition) is 2. The Labute approximate surface area is 90.3 Å². The van der Waals surface area contributed by atoms with E-state index in [-0.39, 0.29) is 0 Å². The molecule has 0 amide bonds. The second-order valence-electron chi connectivity index (χ2n) is 4.02. The molecule has 0 radical (unpaired) electrons. The zero-order valence-electron chi connectivity index (χ0n) is 9.05. The molecular formula is C12H17NS. The first kappa shape index (κ1) is 10.1. The summed E-state index contributed by atoms with van der Waals surface area (Å²) < 4.78 is 0. The Morgan fingerprint density at radius 3 is 2.36 bits per heavy atom. The molecule has 0 aliphatic carbocycles. The fraction of sp³-hybridized carbons (Fsp3) is 0.500. The van der Waals surface area contributed by atoms with Gasteiger partial charge in [0.1, 0.15) is 0 Å². The van der Waals surface area contributed by atoms with E-state index in [1.54, 1.807) is 0 Å². The summed E-state index contributed by atoms with van der Waals surface area (Å²) >= 11 is 2.02. The highest BCUT2D eigenvalue weighted by Gasteiger charge is 2.20. The number of thioether (sulfide) groups is 1. The highest BCUT2D eigenvalue weighted by molar-refractivity contribution is 7.99. The van der Waals surface area contributed by atoms with Crippen molar-refractivity contribution in [1.82, 2.24) is 5.32 Å². The molecule has 1 aliphatic heterocycles. The first-order valence-corrected chi connectivity index (χ1v) is 6.16. The minimum Gasteiger partial charge on any atom is -0.301 e. The van der Waals surface area contributed by atoms with Gasteiger partial charge in [-0.05, 0) is 37.5 Å². The molecule has 0 aromatic heterocycles. The lowest BCUT2D eigenvalue weighted by atomic mass is 10.00. The van der Waals surface area contributed by atoms with Crippen molar-refractivity contribution in [3.63, 3.8) is 0 Å². The first-order valence-electron chi connectivity index (χ1n) is 5.11. The second kappa shape index (κ2) is 3.95. The van der Waals surface area contributed by atoms with Gasteiger partial charge in [-0.1, -0.05) is 17.7 Å². The van der Waals surface area contributed by atoms with Crippen molar-refractivity contribution in [3.8, 4) is 0 Å². The molecule has 1 fully saturated rings. The maximum absolute atomic E-state index is 3.54.